The number of carbonyl (C=O) groups is 2. The molecule has 2 N–H and O–H groups in total. The van der Waals surface area contributed by atoms with Gasteiger partial charge in [0.2, 0.25) is 0 Å². The van der Waals surface area contributed by atoms with Gasteiger partial charge >= 0.3 is 12.1 Å². The number of nitrogens with one attached hydrogen (secondary N) is 1. The highest BCUT2D eigenvalue weighted by Gasteiger charge is 2.39. The summed E-state index contributed by atoms with van der Waals surface area (Å²) in [7, 11) is 0. The lowest BCUT2D eigenvalue weighted by Gasteiger charge is -2.21. The number of nitrogens with zero attached hydrogens (tertiary/aromatic N) is 1. The highest BCUT2D eigenvalue weighted by atomic mass is 35.5. The van der Waals surface area contributed by atoms with E-state index in [-0.39, 0.29) is 15.7 Å². The third-order valence-corrected chi connectivity index (χ3v) is 5.26. The summed E-state index contributed by atoms with van der Waals surface area (Å²) in [4.78, 5) is 27.9. The van der Waals surface area contributed by atoms with Gasteiger partial charge in [-0.3, -0.25) is 9.78 Å². The second kappa shape index (κ2) is 10.0. The topological polar surface area (TPSA) is 88.5 Å². The zero-order chi connectivity index (χ0) is 26.1. The lowest BCUT2D eigenvalue weighted by atomic mass is 10.0. The van der Waals surface area contributed by atoms with Crippen molar-refractivity contribution in [2.75, 3.05) is 5.32 Å². The molecule has 1 heterocycles. The highest BCUT2D eigenvalue weighted by Crippen LogP contribution is 2.35. The van der Waals surface area contributed by atoms with Crippen LogP contribution in [-0.2, 0) is 0 Å². The van der Waals surface area contributed by atoms with Gasteiger partial charge in [-0.05, 0) is 37.3 Å². The number of ether oxygens (including phenoxy) is 1. The summed E-state index contributed by atoms with van der Waals surface area (Å²) in [5.41, 5.74) is -2.43. The fraction of sp³-hybridized carbons (Fsp3) is 0.136. The molecule has 0 aliphatic rings. The van der Waals surface area contributed by atoms with Gasteiger partial charge in [0.1, 0.15) is 17.4 Å². The van der Waals surface area contributed by atoms with Crippen LogP contribution in [0.5, 0.6) is 5.75 Å². The van der Waals surface area contributed by atoms with Crippen LogP contribution in [0.2, 0.25) is 10.0 Å². The van der Waals surface area contributed by atoms with Crippen molar-refractivity contribution >= 4 is 40.8 Å². The van der Waals surface area contributed by atoms with E-state index in [0.29, 0.717) is 13.0 Å². The standard InChI is InChI=1S/C22H13Cl2F5N2O4/c1-9(22(27,28)29)35-18-7-11(17-6-10(21(33)34)14(24)8-30-17)16(26)5-12(18)20(32)31-19-13(23)3-2-4-15(19)25/h2-9H,1H3,(H,31,32)(H,33,34)/t9-/m0/s1. The molecule has 0 saturated carbocycles. The molecule has 0 aliphatic heterocycles. The number of para-hydroxylation sites is 1. The second-order valence-corrected chi connectivity index (χ2v) is 7.85. The predicted octanol–water partition coefficient (Wildman–Crippen LogP) is 6.61. The monoisotopic (exact) mass is 534 g/mol. The molecule has 3 aromatic rings. The van der Waals surface area contributed by atoms with Crippen LogP contribution in [0.25, 0.3) is 11.3 Å². The van der Waals surface area contributed by atoms with Crippen molar-refractivity contribution in [3.8, 4) is 17.0 Å². The molecule has 1 amide bonds. The summed E-state index contributed by atoms with van der Waals surface area (Å²) in [6.07, 6.45) is -6.37. The molecule has 1 aromatic heterocycles. The summed E-state index contributed by atoms with van der Waals surface area (Å²) in [6, 6.07) is 5.68. The van der Waals surface area contributed by atoms with Crippen molar-refractivity contribution in [2.24, 2.45) is 0 Å². The SMILES string of the molecule is C[C@H](Oc1cc(-c2cc(C(=O)O)c(Cl)cn2)c(F)cc1C(=O)Nc1c(F)cccc1Cl)C(F)(F)F. The molecule has 0 spiro atoms. The largest absolute Gasteiger partial charge is 0.480 e. The number of hydrogen-bond donors (Lipinski definition) is 2. The summed E-state index contributed by atoms with van der Waals surface area (Å²) in [5.74, 6) is -5.51. The maximum atomic E-state index is 15.0. The van der Waals surface area contributed by atoms with Crippen molar-refractivity contribution in [1.82, 2.24) is 4.98 Å². The van der Waals surface area contributed by atoms with Crippen LogP contribution in [-0.4, -0.2) is 34.2 Å². The minimum absolute atomic E-state index is 0.215. The number of anilines is 1. The first-order chi connectivity index (χ1) is 16.3. The van der Waals surface area contributed by atoms with Crippen molar-refractivity contribution < 1.29 is 41.4 Å². The normalized spacial score (nSPS) is 12.2. The quantitative estimate of drug-likeness (QED) is 0.347. The zero-order valence-electron chi connectivity index (χ0n) is 17.4. The third kappa shape index (κ3) is 5.80. The van der Waals surface area contributed by atoms with Gasteiger partial charge in [0.05, 0.1) is 32.6 Å². The Morgan fingerprint density at radius 2 is 1.74 bits per heavy atom. The molecule has 0 radical (unpaired) electrons. The van der Waals surface area contributed by atoms with Crippen molar-refractivity contribution in [1.29, 1.82) is 0 Å². The first-order valence-corrected chi connectivity index (χ1v) is 10.3. The van der Waals surface area contributed by atoms with Gasteiger partial charge in [-0.15, -0.1) is 0 Å². The minimum atomic E-state index is -4.86. The van der Waals surface area contributed by atoms with E-state index >= 15 is 0 Å². The molecule has 1 atom stereocenters. The smallest absolute Gasteiger partial charge is 0.425 e. The fourth-order valence-electron chi connectivity index (χ4n) is 2.83. The Bertz CT molecular complexity index is 1300. The average Bonchev–Trinajstić information content (AvgIpc) is 2.76. The maximum absolute atomic E-state index is 15.0. The molecule has 184 valence electrons. The Kier molecular flexibility index (Phi) is 7.51. The van der Waals surface area contributed by atoms with Crippen LogP contribution in [0, 0.1) is 11.6 Å². The highest BCUT2D eigenvalue weighted by molar-refractivity contribution is 6.34. The Labute approximate surface area is 204 Å². The first-order valence-electron chi connectivity index (χ1n) is 9.51. The van der Waals surface area contributed by atoms with Crippen LogP contribution in [0.3, 0.4) is 0 Å². The minimum Gasteiger partial charge on any atom is -0.480 e. The first kappa shape index (κ1) is 26.2. The maximum Gasteiger partial charge on any atom is 0.425 e. The zero-order valence-corrected chi connectivity index (χ0v) is 18.9. The van der Waals surface area contributed by atoms with Gasteiger partial charge in [-0.1, -0.05) is 29.3 Å². The van der Waals surface area contributed by atoms with E-state index in [1.54, 1.807) is 0 Å². The second-order valence-electron chi connectivity index (χ2n) is 7.04. The van der Waals surface area contributed by atoms with Crippen LogP contribution >= 0.6 is 23.2 Å². The van der Waals surface area contributed by atoms with Crippen LogP contribution in [0.15, 0.2) is 42.6 Å². The Hall–Kier alpha value is -3.44. The molecule has 0 aliphatic carbocycles. The Balaban J connectivity index is 2.13. The number of halogens is 7. The number of aromatic carboxylic acids is 1. The number of pyridine rings is 1. The number of rotatable bonds is 6. The molecule has 0 saturated heterocycles. The molecule has 3 rings (SSSR count). The number of carbonyl (C=O) groups excluding carboxylic acids is 1. The molecular formula is C22H13Cl2F5N2O4. The number of amides is 1. The summed E-state index contributed by atoms with van der Waals surface area (Å²) < 4.78 is 73.4. The van der Waals surface area contributed by atoms with Crippen LogP contribution in [0.1, 0.15) is 27.6 Å². The molecule has 13 heteroatoms. The molecule has 2 aromatic carbocycles. The van der Waals surface area contributed by atoms with Gasteiger partial charge in [0.15, 0.2) is 6.10 Å². The Morgan fingerprint density at radius 3 is 2.34 bits per heavy atom. The Morgan fingerprint density at radius 1 is 1.06 bits per heavy atom. The van der Waals surface area contributed by atoms with E-state index < -0.39 is 63.9 Å². The van der Waals surface area contributed by atoms with E-state index in [4.69, 9.17) is 27.9 Å². The van der Waals surface area contributed by atoms with Crippen LogP contribution in [0.4, 0.5) is 27.6 Å². The number of hydrogen-bond acceptors (Lipinski definition) is 4. The van der Waals surface area contributed by atoms with Gasteiger partial charge < -0.3 is 15.2 Å². The number of benzene rings is 2. The fourth-order valence-corrected chi connectivity index (χ4v) is 3.22. The number of carboxylic acids is 1. The van der Waals surface area contributed by atoms with Crippen molar-refractivity contribution in [2.45, 2.75) is 19.2 Å². The molecule has 0 fully saturated rings. The van der Waals surface area contributed by atoms with E-state index in [1.165, 1.54) is 12.1 Å². The third-order valence-electron chi connectivity index (χ3n) is 4.64. The summed E-state index contributed by atoms with van der Waals surface area (Å²) in [5, 5.41) is 10.8. The predicted molar refractivity (Wildman–Crippen MR) is 117 cm³/mol. The average molecular weight is 535 g/mol. The summed E-state index contributed by atoms with van der Waals surface area (Å²) in [6.45, 7) is 0.654. The van der Waals surface area contributed by atoms with E-state index in [9.17, 15) is 36.6 Å². The van der Waals surface area contributed by atoms with Gasteiger partial charge in [0.25, 0.3) is 5.91 Å². The molecule has 6 nitrogen and oxygen atoms in total. The number of aromatic nitrogens is 1. The van der Waals surface area contributed by atoms with Gasteiger partial charge in [-0.2, -0.15) is 13.2 Å². The lowest BCUT2D eigenvalue weighted by molar-refractivity contribution is -0.189. The van der Waals surface area contributed by atoms with Crippen LogP contribution < -0.4 is 10.1 Å². The van der Waals surface area contributed by atoms with Gasteiger partial charge in [-0.25, -0.2) is 13.6 Å². The van der Waals surface area contributed by atoms with Crippen molar-refractivity contribution in [3.05, 3.63) is 75.4 Å². The van der Waals surface area contributed by atoms with E-state index in [2.05, 4.69) is 10.3 Å². The number of carboxylic acid groups (broad SMARTS) is 1. The molecule has 35 heavy (non-hydrogen) atoms. The molecule has 0 bridgehead atoms. The molecule has 0 unspecified atom stereocenters. The van der Waals surface area contributed by atoms with E-state index in [1.807, 2.05) is 0 Å². The summed E-state index contributed by atoms with van der Waals surface area (Å²) >= 11 is 11.6. The van der Waals surface area contributed by atoms with E-state index in [0.717, 1.165) is 24.4 Å². The lowest BCUT2D eigenvalue weighted by Crippen LogP contribution is -2.32. The molecular weight excluding hydrogens is 522 g/mol. The van der Waals surface area contributed by atoms with Crippen molar-refractivity contribution in [3.63, 3.8) is 0 Å². The van der Waals surface area contributed by atoms with Gasteiger partial charge in [0, 0.05) is 11.8 Å². The number of alkyl halides is 3.